The van der Waals surface area contributed by atoms with Crippen LogP contribution in [-0.4, -0.2) is 50.9 Å². The summed E-state index contributed by atoms with van der Waals surface area (Å²) in [7, 11) is -2.81. The average molecular weight is 604 g/mol. The SMILES string of the molecule is CC[C@@H](C(=O)NC(C)C)N(Cc1ccc(F)cc1)C(=O)CN(c1ccc(OC)c(Cl)c1)S(=O)(=O)c1ccc(C)cc1. The van der Waals surface area contributed by atoms with E-state index in [1.807, 2.05) is 6.92 Å². The van der Waals surface area contributed by atoms with Crippen molar-refractivity contribution in [3.8, 4) is 5.75 Å². The van der Waals surface area contributed by atoms with Crippen LogP contribution in [0.2, 0.25) is 5.02 Å². The molecule has 3 aromatic rings. The summed E-state index contributed by atoms with van der Waals surface area (Å²) in [4.78, 5) is 28.5. The lowest BCUT2D eigenvalue weighted by molar-refractivity contribution is -0.140. The van der Waals surface area contributed by atoms with Crippen molar-refractivity contribution >= 4 is 39.1 Å². The summed E-state index contributed by atoms with van der Waals surface area (Å²) in [5.41, 5.74) is 1.59. The Morgan fingerprint density at radius 1 is 1.02 bits per heavy atom. The van der Waals surface area contributed by atoms with E-state index in [1.54, 1.807) is 32.9 Å². The number of nitrogens with zero attached hydrogens (tertiary/aromatic N) is 2. The number of aryl methyl sites for hydroxylation is 1. The summed E-state index contributed by atoms with van der Waals surface area (Å²) in [6.07, 6.45) is 0.268. The van der Waals surface area contributed by atoms with Crippen molar-refractivity contribution in [2.24, 2.45) is 0 Å². The number of carbonyl (C=O) groups is 2. The van der Waals surface area contributed by atoms with Crippen LogP contribution in [0.1, 0.15) is 38.3 Å². The summed E-state index contributed by atoms with van der Waals surface area (Å²) in [5, 5.41) is 2.99. The number of halogens is 2. The van der Waals surface area contributed by atoms with E-state index in [1.165, 1.54) is 66.6 Å². The minimum atomic E-state index is -4.25. The van der Waals surface area contributed by atoms with Gasteiger partial charge < -0.3 is 15.0 Å². The molecule has 0 aromatic heterocycles. The van der Waals surface area contributed by atoms with Gasteiger partial charge in [0.2, 0.25) is 11.8 Å². The first-order chi connectivity index (χ1) is 19.4. The van der Waals surface area contributed by atoms with E-state index in [9.17, 15) is 22.4 Å². The number of nitrogens with one attached hydrogen (secondary N) is 1. The molecule has 2 amide bonds. The molecule has 0 aliphatic heterocycles. The number of methoxy groups -OCH3 is 1. The molecule has 3 aromatic carbocycles. The molecule has 11 heteroatoms. The van der Waals surface area contributed by atoms with Gasteiger partial charge in [-0.25, -0.2) is 12.8 Å². The Morgan fingerprint density at radius 2 is 1.66 bits per heavy atom. The number of ether oxygens (including phenoxy) is 1. The lowest BCUT2D eigenvalue weighted by atomic mass is 10.1. The van der Waals surface area contributed by atoms with E-state index >= 15 is 0 Å². The van der Waals surface area contributed by atoms with Crippen molar-refractivity contribution in [2.75, 3.05) is 18.0 Å². The second-order valence-corrected chi connectivity index (χ2v) is 12.1. The summed E-state index contributed by atoms with van der Waals surface area (Å²) in [6, 6.07) is 15.2. The highest BCUT2D eigenvalue weighted by Crippen LogP contribution is 2.32. The predicted octanol–water partition coefficient (Wildman–Crippen LogP) is 5.32. The zero-order chi connectivity index (χ0) is 30.3. The van der Waals surface area contributed by atoms with Gasteiger partial charge in [-0.3, -0.25) is 13.9 Å². The number of sulfonamides is 1. The van der Waals surface area contributed by atoms with Crippen LogP contribution in [0.5, 0.6) is 5.75 Å². The molecule has 8 nitrogen and oxygen atoms in total. The molecule has 3 rings (SSSR count). The lowest BCUT2D eigenvalue weighted by Crippen LogP contribution is -2.53. The topological polar surface area (TPSA) is 96.0 Å². The van der Waals surface area contributed by atoms with Crippen LogP contribution < -0.4 is 14.4 Å². The smallest absolute Gasteiger partial charge is 0.264 e. The predicted molar refractivity (Wildman–Crippen MR) is 158 cm³/mol. The Morgan fingerprint density at radius 3 is 2.20 bits per heavy atom. The number of hydrogen-bond donors (Lipinski definition) is 1. The summed E-state index contributed by atoms with van der Waals surface area (Å²) in [6.45, 7) is 6.55. The first-order valence-corrected chi connectivity index (χ1v) is 15.0. The zero-order valence-electron chi connectivity index (χ0n) is 23.7. The standard InChI is InChI=1S/C30H35ClFN3O5S/c1-6-27(30(37)33-20(2)3)34(18-22-9-11-23(32)12-10-22)29(36)19-35(24-13-16-28(40-5)26(31)17-24)41(38,39)25-14-7-21(4)8-15-25/h7-17,20,27H,6,18-19H2,1-5H3,(H,33,37)/t27-/m0/s1. The Kier molecular flexibility index (Phi) is 10.8. The minimum absolute atomic E-state index is 0.0162. The quantitative estimate of drug-likeness (QED) is 0.302. The van der Waals surface area contributed by atoms with Crippen LogP contribution in [0.4, 0.5) is 10.1 Å². The Bertz CT molecular complexity index is 1460. The van der Waals surface area contributed by atoms with Gasteiger partial charge in [-0.05, 0) is 75.2 Å². The van der Waals surface area contributed by atoms with Gasteiger partial charge in [0.25, 0.3) is 10.0 Å². The average Bonchev–Trinajstić information content (AvgIpc) is 2.92. The van der Waals surface area contributed by atoms with Gasteiger partial charge in [-0.1, -0.05) is 48.4 Å². The highest BCUT2D eigenvalue weighted by Gasteiger charge is 2.34. The van der Waals surface area contributed by atoms with E-state index < -0.39 is 34.3 Å². The Hall–Kier alpha value is -3.63. The molecule has 41 heavy (non-hydrogen) atoms. The highest BCUT2D eigenvalue weighted by atomic mass is 35.5. The Balaban J connectivity index is 2.09. The maximum absolute atomic E-state index is 14.0. The molecule has 1 atom stereocenters. The van der Waals surface area contributed by atoms with Gasteiger partial charge in [-0.15, -0.1) is 0 Å². The number of hydrogen-bond acceptors (Lipinski definition) is 5. The molecular weight excluding hydrogens is 569 g/mol. The van der Waals surface area contributed by atoms with Gasteiger partial charge >= 0.3 is 0 Å². The molecule has 0 fully saturated rings. The van der Waals surface area contributed by atoms with Crippen molar-refractivity contribution in [3.63, 3.8) is 0 Å². The normalized spacial score (nSPS) is 12.1. The molecule has 0 unspecified atom stereocenters. The van der Waals surface area contributed by atoms with Crippen LogP contribution in [0.15, 0.2) is 71.6 Å². The number of rotatable bonds is 12. The largest absolute Gasteiger partial charge is 0.495 e. The van der Waals surface area contributed by atoms with Crippen LogP contribution in [-0.2, 0) is 26.2 Å². The second kappa shape index (κ2) is 13.8. The Labute approximate surface area is 246 Å². The fraction of sp³-hybridized carbons (Fsp3) is 0.333. The first kappa shape index (κ1) is 31.9. The first-order valence-electron chi connectivity index (χ1n) is 13.1. The summed E-state index contributed by atoms with van der Waals surface area (Å²) < 4.78 is 47.7. The van der Waals surface area contributed by atoms with E-state index in [-0.39, 0.29) is 40.5 Å². The monoisotopic (exact) mass is 603 g/mol. The molecule has 0 saturated heterocycles. The van der Waals surface area contributed by atoms with Crippen molar-refractivity contribution in [1.29, 1.82) is 0 Å². The molecule has 0 radical (unpaired) electrons. The third-order valence-electron chi connectivity index (χ3n) is 6.39. The van der Waals surface area contributed by atoms with E-state index in [2.05, 4.69) is 5.32 Å². The molecule has 0 aliphatic rings. The molecular formula is C30H35ClFN3O5S. The van der Waals surface area contributed by atoms with Gasteiger partial charge in [0.15, 0.2) is 0 Å². The fourth-order valence-corrected chi connectivity index (χ4v) is 5.92. The van der Waals surface area contributed by atoms with Gasteiger partial charge in [0.05, 0.1) is 22.7 Å². The molecule has 0 heterocycles. The highest BCUT2D eigenvalue weighted by molar-refractivity contribution is 7.92. The number of anilines is 1. The van der Waals surface area contributed by atoms with Crippen LogP contribution >= 0.6 is 11.6 Å². The van der Waals surface area contributed by atoms with Crippen LogP contribution in [0.3, 0.4) is 0 Å². The summed E-state index contributed by atoms with van der Waals surface area (Å²) in [5.74, 6) is -1.10. The number of amides is 2. The van der Waals surface area contributed by atoms with Gasteiger partial charge in [0, 0.05) is 12.6 Å². The van der Waals surface area contributed by atoms with Crippen molar-refractivity contribution < 1.29 is 27.1 Å². The molecule has 0 aliphatic carbocycles. The van der Waals surface area contributed by atoms with Gasteiger partial charge in [0.1, 0.15) is 24.2 Å². The third-order valence-corrected chi connectivity index (χ3v) is 8.48. The maximum Gasteiger partial charge on any atom is 0.264 e. The van der Waals surface area contributed by atoms with Crippen molar-refractivity contribution in [1.82, 2.24) is 10.2 Å². The van der Waals surface area contributed by atoms with E-state index in [0.29, 0.717) is 11.3 Å². The molecule has 1 N–H and O–H groups in total. The van der Waals surface area contributed by atoms with Crippen molar-refractivity contribution in [2.45, 2.75) is 57.6 Å². The zero-order valence-corrected chi connectivity index (χ0v) is 25.3. The molecule has 0 spiro atoms. The minimum Gasteiger partial charge on any atom is -0.495 e. The molecule has 220 valence electrons. The maximum atomic E-state index is 14.0. The fourth-order valence-electron chi connectivity index (χ4n) is 4.26. The van der Waals surface area contributed by atoms with Crippen molar-refractivity contribution in [3.05, 3.63) is 88.7 Å². The lowest BCUT2D eigenvalue weighted by Gasteiger charge is -2.33. The number of benzene rings is 3. The van der Waals surface area contributed by atoms with Crippen LogP contribution in [0, 0.1) is 12.7 Å². The van der Waals surface area contributed by atoms with Crippen LogP contribution in [0.25, 0.3) is 0 Å². The van der Waals surface area contributed by atoms with Gasteiger partial charge in [-0.2, -0.15) is 0 Å². The second-order valence-electron chi connectivity index (χ2n) is 9.88. The molecule has 0 saturated carbocycles. The van der Waals surface area contributed by atoms with E-state index in [4.69, 9.17) is 16.3 Å². The summed E-state index contributed by atoms with van der Waals surface area (Å²) >= 11 is 6.35. The molecule has 0 bridgehead atoms. The third kappa shape index (κ3) is 7.98. The number of carbonyl (C=O) groups excluding carboxylic acids is 2. The van der Waals surface area contributed by atoms with E-state index in [0.717, 1.165) is 9.87 Å².